The van der Waals surface area contributed by atoms with Gasteiger partial charge >= 0.3 is 10.2 Å². The van der Waals surface area contributed by atoms with Crippen LogP contribution in [0.5, 0.6) is 0 Å². The Morgan fingerprint density at radius 1 is 0.800 bits per heavy atom. The van der Waals surface area contributed by atoms with Gasteiger partial charge in [-0.05, 0) is 44.4 Å². The van der Waals surface area contributed by atoms with E-state index in [2.05, 4.69) is 107 Å². The molecule has 0 fully saturated rings. The van der Waals surface area contributed by atoms with Crippen LogP contribution in [0, 0.1) is 0 Å². The highest BCUT2D eigenvalue weighted by Crippen LogP contribution is 2.43. The van der Waals surface area contributed by atoms with Crippen LogP contribution in [-0.4, -0.2) is 52.2 Å². The second-order valence-electron chi connectivity index (χ2n) is 13.6. The summed E-state index contributed by atoms with van der Waals surface area (Å²) >= 11 is 0. The summed E-state index contributed by atoms with van der Waals surface area (Å²) in [5.41, 5.74) is 6.27. The molecule has 2 aromatic rings. The summed E-state index contributed by atoms with van der Waals surface area (Å²) in [6, 6.07) is 8.45. The van der Waals surface area contributed by atoms with Gasteiger partial charge < -0.3 is 4.43 Å². The van der Waals surface area contributed by atoms with Crippen molar-refractivity contribution in [3.8, 4) is 0 Å². The summed E-state index contributed by atoms with van der Waals surface area (Å²) in [4.78, 5) is 4.95. The molecule has 0 bridgehead atoms. The van der Waals surface area contributed by atoms with Crippen LogP contribution < -0.4 is 5.45 Å². The lowest BCUT2D eigenvalue weighted by Crippen LogP contribution is -2.61. The normalized spacial score (nSPS) is 13.8. The largest absolute Gasteiger partial charge is 0.412 e. The molecule has 0 saturated carbocycles. The highest BCUT2D eigenvalue weighted by atomic mass is 32.2. The maximum absolute atomic E-state index is 13.9. The van der Waals surface area contributed by atoms with Crippen LogP contribution in [0.2, 0.25) is 33.2 Å². The van der Waals surface area contributed by atoms with E-state index >= 15 is 0 Å². The zero-order valence-corrected chi connectivity index (χ0v) is 30.6. The average Bonchev–Trinajstić information content (AvgIpc) is 3.22. The van der Waals surface area contributed by atoms with Gasteiger partial charge in [-0.25, -0.2) is 8.96 Å². The molecule has 2 rings (SSSR count). The molecule has 0 N–H and O–H groups in total. The fourth-order valence-corrected chi connectivity index (χ4v) is 21.3. The SMILES string of the molecule is CC(C)[Si](OCc1cccc(Cc2cnc([Si](C(C)C)(C(C)C)C(C)C)n2S(=O)(=O)N(C)C)c1)(C(C)C)C(C)C. The Morgan fingerprint density at radius 2 is 1.27 bits per heavy atom. The monoisotopic (exact) mass is 607 g/mol. The van der Waals surface area contributed by atoms with Crippen LogP contribution in [0.15, 0.2) is 30.5 Å². The van der Waals surface area contributed by atoms with Crippen LogP contribution in [0.4, 0.5) is 0 Å². The number of nitrogens with zero attached hydrogens (tertiary/aromatic N) is 3. The Bertz CT molecular complexity index is 1170. The number of rotatable bonds is 14. The van der Waals surface area contributed by atoms with Crippen molar-refractivity contribution in [2.75, 3.05) is 14.1 Å². The molecule has 228 valence electrons. The molecule has 1 heterocycles. The number of hydrogen-bond acceptors (Lipinski definition) is 4. The molecule has 0 spiro atoms. The van der Waals surface area contributed by atoms with Crippen LogP contribution in [0.3, 0.4) is 0 Å². The summed E-state index contributed by atoms with van der Waals surface area (Å²) in [5, 5.41) is 0. The van der Waals surface area contributed by atoms with E-state index < -0.39 is 26.6 Å². The lowest BCUT2D eigenvalue weighted by molar-refractivity contribution is 0.266. The minimum absolute atomic E-state index is 0.339. The smallest absolute Gasteiger partial charge is 0.308 e. The van der Waals surface area contributed by atoms with Crippen molar-refractivity contribution < 1.29 is 12.8 Å². The van der Waals surface area contributed by atoms with Gasteiger partial charge in [0.15, 0.2) is 0 Å². The van der Waals surface area contributed by atoms with Crippen molar-refractivity contribution >= 4 is 32.0 Å². The van der Waals surface area contributed by atoms with E-state index in [1.54, 1.807) is 18.1 Å². The predicted octanol–water partition coefficient (Wildman–Crippen LogP) is 7.71. The van der Waals surface area contributed by atoms with Gasteiger partial charge in [0.2, 0.25) is 8.32 Å². The van der Waals surface area contributed by atoms with Gasteiger partial charge in [0.1, 0.15) is 13.5 Å². The van der Waals surface area contributed by atoms with Crippen LogP contribution in [-0.2, 0) is 27.7 Å². The van der Waals surface area contributed by atoms with Crippen LogP contribution >= 0.6 is 0 Å². The Labute approximate surface area is 248 Å². The third kappa shape index (κ3) is 6.38. The Hall–Kier alpha value is -1.27. The van der Waals surface area contributed by atoms with Crippen molar-refractivity contribution in [1.29, 1.82) is 0 Å². The van der Waals surface area contributed by atoms with Gasteiger partial charge in [-0.1, -0.05) is 107 Å². The second-order valence-corrected chi connectivity index (χ2v) is 26.9. The van der Waals surface area contributed by atoms with Gasteiger partial charge in [0.25, 0.3) is 0 Å². The first-order valence-electron chi connectivity index (χ1n) is 15.1. The molecule has 0 saturated heterocycles. The first-order valence-corrected chi connectivity index (χ1v) is 20.9. The summed E-state index contributed by atoms with van der Waals surface area (Å²) in [7, 11) is -4.88. The van der Waals surface area contributed by atoms with Crippen molar-refractivity contribution in [3.63, 3.8) is 0 Å². The number of imidazole rings is 1. The van der Waals surface area contributed by atoms with Crippen LogP contribution in [0.1, 0.15) is 99.9 Å². The van der Waals surface area contributed by atoms with Crippen LogP contribution in [0.25, 0.3) is 0 Å². The van der Waals surface area contributed by atoms with E-state index in [0.29, 0.717) is 46.3 Å². The second kappa shape index (κ2) is 13.4. The third-order valence-corrected chi connectivity index (χ3v) is 24.2. The van der Waals surface area contributed by atoms with E-state index in [1.807, 2.05) is 6.20 Å². The molecule has 0 unspecified atom stereocenters. The van der Waals surface area contributed by atoms with E-state index in [1.165, 1.54) is 4.31 Å². The first-order chi connectivity index (χ1) is 18.4. The summed E-state index contributed by atoms with van der Waals surface area (Å²) in [6.45, 7) is 27.9. The van der Waals surface area contributed by atoms with E-state index in [-0.39, 0.29) is 0 Å². The lowest BCUT2D eigenvalue weighted by Gasteiger charge is -2.42. The fraction of sp³-hybridized carbons (Fsp3) is 0.710. The molecule has 1 aromatic carbocycles. The summed E-state index contributed by atoms with van der Waals surface area (Å²) in [5.74, 6) is 0. The molecule has 40 heavy (non-hydrogen) atoms. The van der Waals surface area contributed by atoms with E-state index in [4.69, 9.17) is 9.41 Å². The topological polar surface area (TPSA) is 64.4 Å². The molecule has 9 heteroatoms. The van der Waals surface area contributed by atoms with Crippen molar-refractivity contribution in [1.82, 2.24) is 13.3 Å². The molecule has 0 aliphatic rings. The molecular weight excluding hydrogens is 551 g/mol. The number of hydrogen-bond donors (Lipinski definition) is 0. The molecule has 0 radical (unpaired) electrons. The molecule has 0 amide bonds. The van der Waals surface area contributed by atoms with Gasteiger partial charge in [-0.3, -0.25) is 0 Å². The van der Waals surface area contributed by atoms with Crippen molar-refractivity contribution in [3.05, 3.63) is 47.3 Å². The molecule has 0 atom stereocenters. The lowest BCUT2D eigenvalue weighted by atomic mass is 10.1. The summed E-state index contributed by atoms with van der Waals surface area (Å²) < 4.78 is 37.5. The highest BCUT2D eigenvalue weighted by Gasteiger charge is 2.50. The van der Waals surface area contributed by atoms with Gasteiger partial charge in [0, 0.05) is 26.7 Å². The number of benzene rings is 1. The maximum atomic E-state index is 13.9. The highest BCUT2D eigenvalue weighted by molar-refractivity contribution is 7.87. The molecular formula is C31H57N3O3SSi2. The van der Waals surface area contributed by atoms with E-state index in [0.717, 1.165) is 22.3 Å². The molecule has 0 aliphatic carbocycles. The Balaban J connectivity index is 2.60. The predicted molar refractivity (Wildman–Crippen MR) is 176 cm³/mol. The fourth-order valence-electron chi connectivity index (χ4n) is 7.72. The Morgan fingerprint density at radius 3 is 1.70 bits per heavy atom. The minimum Gasteiger partial charge on any atom is -0.412 e. The molecule has 0 aliphatic heterocycles. The quantitative estimate of drug-likeness (QED) is 0.206. The van der Waals surface area contributed by atoms with E-state index in [9.17, 15) is 8.42 Å². The third-order valence-electron chi connectivity index (χ3n) is 9.31. The Kier molecular flexibility index (Phi) is 11.7. The van der Waals surface area contributed by atoms with Crippen molar-refractivity contribution in [2.24, 2.45) is 0 Å². The molecule has 6 nitrogen and oxygen atoms in total. The molecule has 1 aromatic heterocycles. The van der Waals surface area contributed by atoms with Gasteiger partial charge in [-0.2, -0.15) is 12.7 Å². The number of aromatic nitrogens is 2. The van der Waals surface area contributed by atoms with Gasteiger partial charge in [0.05, 0.1) is 12.3 Å². The minimum atomic E-state index is -3.76. The zero-order valence-electron chi connectivity index (χ0n) is 27.7. The van der Waals surface area contributed by atoms with Crippen molar-refractivity contribution in [2.45, 2.75) is 129 Å². The maximum Gasteiger partial charge on any atom is 0.308 e. The standard InChI is InChI=1S/C31H57N3O3SSi2/c1-22(2)39(23(3)4,24(5)6)31-32-20-30(34(31)38(35,36)33(13)14)19-28-16-15-17-29(18-28)21-37-40(25(7)8,26(9)10)27(11)12/h15-18,20,22-27H,19,21H2,1-14H3. The van der Waals surface area contributed by atoms with Gasteiger partial charge in [-0.15, -0.1) is 0 Å². The average molecular weight is 608 g/mol. The first kappa shape index (κ1) is 34.9. The summed E-state index contributed by atoms with van der Waals surface area (Å²) in [6.07, 6.45) is 2.30. The zero-order chi connectivity index (χ0) is 30.8.